The van der Waals surface area contributed by atoms with Gasteiger partial charge in [0.2, 0.25) is 5.91 Å². The van der Waals surface area contributed by atoms with E-state index in [0.29, 0.717) is 38.0 Å². The van der Waals surface area contributed by atoms with Gasteiger partial charge in [-0.2, -0.15) is 0 Å². The maximum Gasteiger partial charge on any atom is 0.315 e. The first kappa shape index (κ1) is 20.7. The largest absolute Gasteiger partial charge is 0.354 e. The molecule has 0 aliphatic heterocycles. The lowest BCUT2D eigenvalue weighted by molar-refractivity contribution is -0.121. The summed E-state index contributed by atoms with van der Waals surface area (Å²) in [7, 11) is 0. The molecule has 7 nitrogen and oxygen atoms in total. The van der Waals surface area contributed by atoms with Gasteiger partial charge in [-0.05, 0) is 31.4 Å². The number of benzene rings is 1. The zero-order chi connectivity index (χ0) is 19.3. The van der Waals surface area contributed by atoms with Gasteiger partial charge in [0.25, 0.3) is 5.91 Å². The monoisotopic (exact) mass is 374 g/mol. The second kappa shape index (κ2) is 11.9. The number of hydrogen-bond acceptors (Lipinski definition) is 3. The van der Waals surface area contributed by atoms with Crippen molar-refractivity contribution in [3.05, 3.63) is 35.9 Å². The first-order valence-electron chi connectivity index (χ1n) is 9.79. The van der Waals surface area contributed by atoms with Crippen LogP contribution in [0.2, 0.25) is 0 Å². The van der Waals surface area contributed by atoms with E-state index in [2.05, 4.69) is 21.3 Å². The number of carbonyl (C=O) groups excluding carboxylic acids is 3. The highest BCUT2D eigenvalue weighted by atomic mass is 16.2. The van der Waals surface area contributed by atoms with Crippen molar-refractivity contribution in [3.63, 3.8) is 0 Å². The Morgan fingerprint density at radius 3 is 2.30 bits per heavy atom. The first-order chi connectivity index (χ1) is 13.1. The third-order valence-corrected chi connectivity index (χ3v) is 4.58. The van der Waals surface area contributed by atoms with Crippen LogP contribution in [0.5, 0.6) is 0 Å². The van der Waals surface area contributed by atoms with Gasteiger partial charge in [0.05, 0.1) is 0 Å². The van der Waals surface area contributed by atoms with Crippen molar-refractivity contribution < 1.29 is 14.4 Å². The summed E-state index contributed by atoms with van der Waals surface area (Å²) in [5.74, 6) is -0.239. The van der Waals surface area contributed by atoms with E-state index in [1.165, 1.54) is 19.3 Å². The van der Waals surface area contributed by atoms with Crippen LogP contribution >= 0.6 is 0 Å². The minimum Gasteiger partial charge on any atom is -0.354 e. The van der Waals surface area contributed by atoms with Gasteiger partial charge in [-0.1, -0.05) is 37.5 Å². The Bertz CT molecular complexity index is 601. The number of urea groups is 1. The average molecular weight is 374 g/mol. The quantitative estimate of drug-likeness (QED) is 0.497. The predicted molar refractivity (Wildman–Crippen MR) is 104 cm³/mol. The molecule has 1 aliphatic rings. The molecule has 4 amide bonds. The van der Waals surface area contributed by atoms with Gasteiger partial charge >= 0.3 is 6.03 Å². The molecule has 0 heterocycles. The van der Waals surface area contributed by atoms with E-state index in [1.807, 2.05) is 6.07 Å². The maximum absolute atomic E-state index is 11.8. The van der Waals surface area contributed by atoms with E-state index in [-0.39, 0.29) is 23.9 Å². The lowest BCUT2D eigenvalue weighted by Gasteiger charge is -2.22. The molecule has 0 aromatic heterocycles. The molecule has 1 fully saturated rings. The molecule has 0 unspecified atom stereocenters. The van der Waals surface area contributed by atoms with Gasteiger partial charge in [-0.3, -0.25) is 9.59 Å². The normalized spacial score (nSPS) is 14.2. The molecule has 0 radical (unpaired) electrons. The Labute approximate surface area is 160 Å². The first-order valence-corrected chi connectivity index (χ1v) is 9.79. The van der Waals surface area contributed by atoms with E-state index in [1.54, 1.807) is 24.3 Å². The zero-order valence-corrected chi connectivity index (χ0v) is 15.8. The highest BCUT2D eigenvalue weighted by Crippen LogP contribution is 2.17. The predicted octanol–water partition coefficient (Wildman–Crippen LogP) is 1.94. The van der Waals surface area contributed by atoms with Crippen molar-refractivity contribution in [2.45, 2.75) is 51.0 Å². The fourth-order valence-electron chi connectivity index (χ4n) is 3.09. The molecule has 0 spiro atoms. The van der Waals surface area contributed by atoms with Crippen molar-refractivity contribution in [2.75, 3.05) is 19.6 Å². The van der Waals surface area contributed by atoms with E-state index < -0.39 is 0 Å². The molecule has 0 atom stereocenters. The Kier molecular flexibility index (Phi) is 9.17. The molecule has 4 N–H and O–H groups in total. The van der Waals surface area contributed by atoms with Crippen LogP contribution < -0.4 is 21.3 Å². The van der Waals surface area contributed by atoms with Crippen molar-refractivity contribution in [1.29, 1.82) is 0 Å². The van der Waals surface area contributed by atoms with Crippen LogP contribution in [0.3, 0.4) is 0 Å². The summed E-state index contributed by atoms with van der Waals surface area (Å²) in [6.45, 7) is 1.23. The third kappa shape index (κ3) is 8.57. The summed E-state index contributed by atoms with van der Waals surface area (Å²) in [5, 5.41) is 11.3. The Hall–Kier alpha value is -2.57. The standard InChI is InChI=1S/C20H30N4O3/c25-18(21-14-15-22-19(26)16-8-3-1-4-9-16)12-7-13-23-20(27)24-17-10-5-2-6-11-17/h1,3-4,8-9,17H,2,5-7,10-15H2,(H,21,25)(H,22,26)(H2,23,24,27). The van der Waals surface area contributed by atoms with E-state index in [4.69, 9.17) is 0 Å². The summed E-state index contributed by atoms with van der Waals surface area (Å²) in [4.78, 5) is 35.4. The van der Waals surface area contributed by atoms with Gasteiger partial charge in [0, 0.05) is 37.7 Å². The van der Waals surface area contributed by atoms with Crippen LogP contribution in [0.15, 0.2) is 30.3 Å². The molecule has 1 aromatic carbocycles. The third-order valence-electron chi connectivity index (χ3n) is 4.58. The molecular weight excluding hydrogens is 344 g/mol. The second-order valence-corrected chi connectivity index (χ2v) is 6.81. The lowest BCUT2D eigenvalue weighted by Crippen LogP contribution is -2.43. The maximum atomic E-state index is 11.8. The van der Waals surface area contributed by atoms with Crippen molar-refractivity contribution in [1.82, 2.24) is 21.3 Å². The number of carbonyl (C=O) groups is 3. The van der Waals surface area contributed by atoms with Crippen LogP contribution in [0.4, 0.5) is 4.79 Å². The summed E-state index contributed by atoms with van der Waals surface area (Å²) in [6.07, 6.45) is 6.64. The van der Waals surface area contributed by atoms with Gasteiger partial charge in [-0.15, -0.1) is 0 Å². The van der Waals surface area contributed by atoms with E-state index in [0.717, 1.165) is 12.8 Å². The van der Waals surface area contributed by atoms with Crippen molar-refractivity contribution in [3.8, 4) is 0 Å². The Morgan fingerprint density at radius 1 is 0.852 bits per heavy atom. The van der Waals surface area contributed by atoms with Gasteiger partial charge in [0.1, 0.15) is 0 Å². The van der Waals surface area contributed by atoms with Crippen molar-refractivity contribution in [2.24, 2.45) is 0 Å². The van der Waals surface area contributed by atoms with Crippen LogP contribution in [0.25, 0.3) is 0 Å². The van der Waals surface area contributed by atoms with Gasteiger partial charge < -0.3 is 21.3 Å². The summed E-state index contributed by atoms with van der Waals surface area (Å²) in [5.41, 5.74) is 0.599. The fourth-order valence-corrected chi connectivity index (χ4v) is 3.09. The number of rotatable bonds is 9. The van der Waals surface area contributed by atoms with E-state index >= 15 is 0 Å². The molecule has 0 bridgehead atoms. The number of nitrogens with one attached hydrogen (secondary N) is 4. The number of hydrogen-bond donors (Lipinski definition) is 4. The number of amides is 4. The summed E-state index contributed by atoms with van der Waals surface area (Å²) in [6, 6.07) is 9.08. The molecule has 0 saturated heterocycles. The lowest BCUT2D eigenvalue weighted by atomic mass is 9.96. The molecule has 7 heteroatoms. The molecular formula is C20H30N4O3. The highest BCUT2D eigenvalue weighted by molar-refractivity contribution is 5.94. The molecule has 1 aliphatic carbocycles. The van der Waals surface area contributed by atoms with Crippen LogP contribution in [0, 0.1) is 0 Å². The minimum atomic E-state index is -0.155. The molecule has 148 valence electrons. The van der Waals surface area contributed by atoms with Crippen molar-refractivity contribution >= 4 is 17.8 Å². The van der Waals surface area contributed by atoms with Crippen LogP contribution in [-0.4, -0.2) is 43.5 Å². The minimum absolute atomic E-state index is 0.0848. The summed E-state index contributed by atoms with van der Waals surface area (Å²) >= 11 is 0. The fraction of sp³-hybridized carbons (Fsp3) is 0.550. The molecule has 1 aromatic rings. The van der Waals surface area contributed by atoms with Gasteiger partial charge in [-0.25, -0.2) is 4.79 Å². The molecule has 27 heavy (non-hydrogen) atoms. The smallest absolute Gasteiger partial charge is 0.315 e. The molecule has 1 saturated carbocycles. The van der Waals surface area contributed by atoms with Gasteiger partial charge in [0.15, 0.2) is 0 Å². The van der Waals surface area contributed by atoms with Crippen LogP contribution in [-0.2, 0) is 4.79 Å². The zero-order valence-electron chi connectivity index (χ0n) is 15.8. The summed E-state index contributed by atoms with van der Waals surface area (Å²) < 4.78 is 0. The SMILES string of the molecule is O=C(CCCNC(=O)NC1CCCCC1)NCCNC(=O)c1ccccc1. The highest BCUT2D eigenvalue weighted by Gasteiger charge is 2.15. The average Bonchev–Trinajstić information content (AvgIpc) is 2.70. The topological polar surface area (TPSA) is 99.3 Å². The Morgan fingerprint density at radius 2 is 1.56 bits per heavy atom. The second-order valence-electron chi connectivity index (χ2n) is 6.81. The molecule has 2 rings (SSSR count). The van der Waals surface area contributed by atoms with E-state index in [9.17, 15) is 14.4 Å². The Balaban J connectivity index is 1.46. The van der Waals surface area contributed by atoms with Crippen LogP contribution in [0.1, 0.15) is 55.3 Å².